The van der Waals surface area contributed by atoms with Crippen molar-refractivity contribution in [3.63, 3.8) is 0 Å². The van der Waals surface area contributed by atoms with Crippen molar-refractivity contribution in [3.8, 4) is 0 Å². The van der Waals surface area contributed by atoms with Gasteiger partial charge in [-0.25, -0.2) is 9.78 Å². The molecular weight excluding hydrogens is 250 g/mol. The molecule has 4 nitrogen and oxygen atoms in total. The highest BCUT2D eigenvalue weighted by Crippen LogP contribution is 2.09. The molecule has 1 atom stereocenters. The number of nitrogens with zero attached hydrogens (tertiary/aromatic N) is 1. The van der Waals surface area contributed by atoms with E-state index in [1.807, 2.05) is 0 Å². The Morgan fingerprint density at radius 1 is 1.71 bits per heavy atom. The highest BCUT2D eigenvalue weighted by molar-refractivity contribution is 9.10. The maximum absolute atomic E-state index is 10.7. The van der Waals surface area contributed by atoms with Crippen LogP contribution in [0, 0.1) is 0 Å². The number of halogens is 1. The molecule has 1 heterocycles. The fraction of sp³-hybridized carbons (Fsp3) is 0.333. The maximum Gasteiger partial charge on any atom is 0.333 e. The topological polar surface area (TPSA) is 59.4 Å². The average molecular weight is 260 g/mol. The molecule has 0 fully saturated rings. The number of aliphatic carboxylic acids is 1. The van der Waals surface area contributed by atoms with E-state index in [2.05, 4.69) is 20.9 Å². The van der Waals surface area contributed by atoms with Gasteiger partial charge in [0.2, 0.25) is 0 Å². The molecule has 0 aromatic carbocycles. The quantitative estimate of drug-likeness (QED) is 0.833. The zero-order valence-corrected chi connectivity index (χ0v) is 9.19. The molecule has 0 aliphatic rings. The van der Waals surface area contributed by atoms with Gasteiger partial charge in [-0.2, -0.15) is 0 Å². The van der Waals surface area contributed by atoms with Crippen molar-refractivity contribution in [1.82, 2.24) is 4.98 Å². The summed E-state index contributed by atoms with van der Waals surface area (Å²) < 4.78 is 5.49. The predicted octanol–water partition coefficient (Wildman–Crippen LogP) is 1.49. The average Bonchev–Trinajstić information content (AvgIpc) is 2.14. The van der Waals surface area contributed by atoms with Crippen LogP contribution in [0.15, 0.2) is 22.8 Å². The summed E-state index contributed by atoms with van der Waals surface area (Å²) >= 11 is 3.21. The summed E-state index contributed by atoms with van der Waals surface area (Å²) in [5.74, 6) is -0.978. The summed E-state index contributed by atoms with van der Waals surface area (Å²) in [6.07, 6.45) is -0.567. The molecule has 1 rings (SSSR count). The third-order valence-electron chi connectivity index (χ3n) is 1.73. The fourth-order valence-electron chi connectivity index (χ4n) is 1.03. The highest BCUT2D eigenvalue weighted by Gasteiger charge is 2.17. The molecule has 5 heteroatoms. The van der Waals surface area contributed by atoms with Crippen LogP contribution in [0.5, 0.6) is 0 Å². The number of pyridine rings is 1. The molecular formula is C9H10BrNO3. The standard InChI is InChI=1S/C9H10BrNO3/c1-14-7(9(12)13)5-6-3-2-4-8(10)11-6/h2-4,7H,5H2,1H3,(H,12,13). The zero-order valence-electron chi connectivity index (χ0n) is 7.61. The monoisotopic (exact) mass is 259 g/mol. The number of hydrogen-bond acceptors (Lipinski definition) is 3. The third kappa shape index (κ3) is 3.08. The van der Waals surface area contributed by atoms with Gasteiger partial charge < -0.3 is 9.84 Å². The van der Waals surface area contributed by atoms with Crippen LogP contribution in [0.4, 0.5) is 0 Å². The number of rotatable bonds is 4. The van der Waals surface area contributed by atoms with Crippen LogP contribution >= 0.6 is 15.9 Å². The first-order valence-corrected chi connectivity index (χ1v) is 4.80. The number of carboxylic acid groups (broad SMARTS) is 1. The Morgan fingerprint density at radius 2 is 2.43 bits per heavy atom. The Hall–Kier alpha value is -0.940. The molecule has 14 heavy (non-hydrogen) atoms. The van der Waals surface area contributed by atoms with Crippen molar-refractivity contribution in [2.75, 3.05) is 7.11 Å². The molecule has 76 valence electrons. The maximum atomic E-state index is 10.7. The Balaban J connectivity index is 2.72. The van der Waals surface area contributed by atoms with Crippen LogP contribution in [0.2, 0.25) is 0 Å². The minimum absolute atomic E-state index is 0.269. The molecule has 0 amide bonds. The first-order valence-electron chi connectivity index (χ1n) is 4.00. The van der Waals surface area contributed by atoms with Crippen molar-refractivity contribution in [2.45, 2.75) is 12.5 Å². The minimum Gasteiger partial charge on any atom is -0.479 e. The van der Waals surface area contributed by atoms with Crippen molar-refractivity contribution in [2.24, 2.45) is 0 Å². The summed E-state index contributed by atoms with van der Waals surface area (Å²) in [5.41, 5.74) is 0.689. The number of hydrogen-bond donors (Lipinski definition) is 1. The van der Waals surface area contributed by atoms with Gasteiger partial charge in [-0.05, 0) is 28.1 Å². The number of ether oxygens (including phenoxy) is 1. The number of aromatic nitrogens is 1. The van der Waals surface area contributed by atoms with Gasteiger partial charge >= 0.3 is 5.97 Å². The van der Waals surface area contributed by atoms with Gasteiger partial charge in [0.15, 0.2) is 6.10 Å². The van der Waals surface area contributed by atoms with Crippen LogP contribution in [0.25, 0.3) is 0 Å². The largest absolute Gasteiger partial charge is 0.479 e. The van der Waals surface area contributed by atoms with E-state index in [1.165, 1.54) is 7.11 Å². The first-order chi connectivity index (χ1) is 6.63. The summed E-state index contributed by atoms with van der Waals surface area (Å²) in [7, 11) is 1.37. The van der Waals surface area contributed by atoms with Crippen LogP contribution in [0.1, 0.15) is 5.69 Å². The normalized spacial score (nSPS) is 12.4. The summed E-state index contributed by atoms with van der Waals surface area (Å²) in [6, 6.07) is 5.35. The van der Waals surface area contributed by atoms with Crippen LogP contribution in [-0.2, 0) is 16.0 Å². The third-order valence-corrected chi connectivity index (χ3v) is 2.17. The Kier molecular flexibility index (Phi) is 4.03. The van der Waals surface area contributed by atoms with Crippen molar-refractivity contribution >= 4 is 21.9 Å². The van der Waals surface area contributed by atoms with Gasteiger partial charge in [-0.1, -0.05) is 6.07 Å². The van der Waals surface area contributed by atoms with Gasteiger partial charge in [-0.15, -0.1) is 0 Å². The zero-order chi connectivity index (χ0) is 10.6. The molecule has 0 bridgehead atoms. The number of carbonyl (C=O) groups is 1. The molecule has 0 saturated carbocycles. The van der Waals surface area contributed by atoms with Gasteiger partial charge in [0.1, 0.15) is 4.60 Å². The molecule has 0 spiro atoms. The molecule has 0 radical (unpaired) electrons. The molecule has 1 aromatic rings. The number of carboxylic acids is 1. The lowest BCUT2D eigenvalue weighted by Crippen LogP contribution is -2.25. The van der Waals surface area contributed by atoms with Crippen LogP contribution < -0.4 is 0 Å². The lowest BCUT2D eigenvalue weighted by molar-refractivity contribution is -0.148. The van der Waals surface area contributed by atoms with E-state index < -0.39 is 12.1 Å². The molecule has 0 aliphatic carbocycles. The summed E-state index contributed by atoms with van der Waals surface area (Å²) in [4.78, 5) is 14.8. The smallest absolute Gasteiger partial charge is 0.333 e. The second kappa shape index (κ2) is 5.07. The van der Waals surface area contributed by atoms with E-state index in [9.17, 15) is 4.79 Å². The van der Waals surface area contributed by atoms with Gasteiger partial charge in [-0.3, -0.25) is 0 Å². The molecule has 1 N–H and O–H groups in total. The lowest BCUT2D eigenvalue weighted by atomic mass is 10.2. The van der Waals surface area contributed by atoms with E-state index in [-0.39, 0.29) is 6.42 Å². The van der Waals surface area contributed by atoms with E-state index in [0.717, 1.165) is 0 Å². The van der Waals surface area contributed by atoms with Gasteiger partial charge in [0, 0.05) is 19.2 Å². The summed E-state index contributed by atoms with van der Waals surface area (Å²) in [5, 5.41) is 8.74. The van der Waals surface area contributed by atoms with Crippen molar-refractivity contribution < 1.29 is 14.6 Å². The first kappa shape index (κ1) is 11.1. The Bertz CT molecular complexity index is 330. The van der Waals surface area contributed by atoms with Crippen molar-refractivity contribution in [3.05, 3.63) is 28.5 Å². The van der Waals surface area contributed by atoms with E-state index in [4.69, 9.17) is 9.84 Å². The SMILES string of the molecule is COC(Cc1cccc(Br)n1)C(=O)O. The second-order valence-electron chi connectivity index (χ2n) is 2.72. The van der Waals surface area contributed by atoms with E-state index >= 15 is 0 Å². The predicted molar refractivity (Wildman–Crippen MR) is 54.1 cm³/mol. The summed E-state index contributed by atoms with van der Waals surface area (Å²) in [6.45, 7) is 0. The van der Waals surface area contributed by atoms with Crippen LogP contribution in [0.3, 0.4) is 0 Å². The number of methoxy groups -OCH3 is 1. The molecule has 0 aliphatic heterocycles. The fourth-order valence-corrected chi connectivity index (χ4v) is 1.41. The molecule has 1 unspecified atom stereocenters. The minimum atomic E-state index is -0.978. The molecule has 0 saturated heterocycles. The highest BCUT2D eigenvalue weighted by atomic mass is 79.9. The van der Waals surface area contributed by atoms with Gasteiger partial charge in [0.05, 0.1) is 0 Å². The van der Waals surface area contributed by atoms with Crippen LogP contribution in [-0.4, -0.2) is 29.3 Å². The van der Waals surface area contributed by atoms with Gasteiger partial charge in [0.25, 0.3) is 0 Å². The lowest BCUT2D eigenvalue weighted by Gasteiger charge is -2.09. The Labute approximate surface area is 90.0 Å². The van der Waals surface area contributed by atoms with E-state index in [1.54, 1.807) is 18.2 Å². The van der Waals surface area contributed by atoms with Crippen molar-refractivity contribution in [1.29, 1.82) is 0 Å². The second-order valence-corrected chi connectivity index (χ2v) is 3.53. The van der Waals surface area contributed by atoms with E-state index in [0.29, 0.717) is 10.3 Å². The molecule has 1 aromatic heterocycles. The Morgan fingerprint density at radius 3 is 2.93 bits per heavy atom.